The van der Waals surface area contributed by atoms with Gasteiger partial charge in [0.05, 0.1) is 12.1 Å². The molecule has 158 valence electrons. The molecule has 2 atom stereocenters. The second-order valence-electron chi connectivity index (χ2n) is 9.87. The van der Waals surface area contributed by atoms with Crippen LogP contribution in [0.5, 0.6) is 0 Å². The molecule has 3 aliphatic carbocycles. The molecular weight excluding hydrogens is 367 g/mol. The van der Waals surface area contributed by atoms with Crippen molar-refractivity contribution in [1.82, 2.24) is 25.5 Å². The molecule has 1 heterocycles. The van der Waals surface area contributed by atoms with E-state index in [1.807, 2.05) is 0 Å². The smallest absolute Gasteiger partial charge is 0.252 e. The number of tetrazole rings is 1. The van der Waals surface area contributed by atoms with Crippen molar-refractivity contribution >= 4 is 0 Å². The summed E-state index contributed by atoms with van der Waals surface area (Å²) in [5.41, 5.74) is 0.161. The number of hydrogen-bond acceptors (Lipinski definition) is 4. The summed E-state index contributed by atoms with van der Waals surface area (Å²) < 4.78 is 41.8. The summed E-state index contributed by atoms with van der Waals surface area (Å²) in [5, 5.41) is 15.8. The molecule has 1 spiro atoms. The van der Waals surface area contributed by atoms with Gasteiger partial charge in [0, 0.05) is 12.8 Å². The average molecular weight is 400 g/mol. The predicted octanol–water partition coefficient (Wildman–Crippen LogP) is 4.48. The van der Waals surface area contributed by atoms with Crippen molar-refractivity contribution in [3.63, 3.8) is 0 Å². The van der Waals surface area contributed by atoms with Gasteiger partial charge < -0.3 is 5.32 Å². The summed E-state index contributed by atoms with van der Waals surface area (Å²) in [4.78, 5) is 0. The lowest BCUT2D eigenvalue weighted by molar-refractivity contribution is -0.110. The first-order chi connectivity index (χ1) is 13.2. The van der Waals surface area contributed by atoms with Gasteiger partial charge in [0.1, 0.15) is 6.17 Å². The summed E-state index contributed by atoms with van der Waals surface area (Å²) in [6, 6.07) is -0.384. The van der Waals surface area contributed by atoms with Gasteiger partial charge in [0.2, 0.25) is 0 Å². The van der Waals surface area contributed by atoms with Crippen LogP contribution in [0.4, 0.5) is 13.2 Å². The fraction of sp³-hybridized carbons (Fsp3) is 0.950. The molecule has 3 saturated carbocycles. The summed E-state index contributed by atoms with van der Waals surface area (Å²) >= 11 is 0. The zero-order chi connectivity index (χ0) is 20.1. The van der Waals surface area contributed by atoms with Gasteiger partial charge >= 0.3 is 0 Å². The van der Waals surface area contributed by atoms with E-state index in [2.05, 4.69) is 41.6 Å². The third-order valence-corrected chi connectivity index (χ3v) is 7.45. The van der Waals surface area contributed by atoms with Crippen LogP contribution in [0, 0.1) is 23.2 Å². The van der Waals surface area contributed by atoms with Crippen molar-refractivity contribution < 1.29 is 13.2 Å². The van der Waals surface area contributed by atoms with Crippen molar-refractivity contribution in [3.05, 3.63) is 5.82 Å². The molecule has 0 radical (unpaired) electrons. The van der Waals surface area contributed by atoms with Crippen molar-refractivity contribution in [2.45, 2.75) is 89.9 Å². The molecule has 5 nitrogen and oxygen atoms in total. The van der Waals surface area contributed by atoms with Crippen molar-refractivity contribution in [1.29, 1.82) is 0 Å². The maximum Gasteiger partial charge on any atom is 0.252 e. The number of halogens is 3. The number of aromatic nitrogens is 4. The molecule has 1 aromatic rings. The van der Waals surface area contributed by atoms with Gasteiger partial charge in [-0.1, -0.05) is 27.2 Å². The van der Waals surface area contributed by atoms with Gasteiger partial charge in [-0.2, -0.15) is 0 Å². The fourth-order valence-electron chi connectivity index (χ4n) is 5.57. The van der Waals surface area contributed by atoms with Crippen molar-refractivity contribution in [2.75, 3.05) is 6.54 Å². The van der Waals surface area contributed by atoms with E-state index in [4.69, 9.17) is 0 Å². The molecule has 0 bridgehead atoms. The molecule has 0 amide bonds. The minimum atomic E-state index is -2.61. The largest absolute Gasteiger partial charge is 0.307 e. The Balaban J connectivity index is 1.48. The molecule has 0 saturated heterocycles. The Morgan fingerprint density at radius 3 is 2.36 bits per heavy atom. The van der Waals surface area contributed by atoms with Crippen molar-refractivity contribution in [2.24, 2.45) is 23.2 Å². The maximum atomic E-state index is 13.4. The topological polar surface area (TPSA) is 55.6 Å². The number of rotatable bonds is 8. The van der Waals surface area contributed by atoms with Crippen LogP contribution in [0.25, 0.3) is 0 Å². The Morgan fingerprint density at radius 2 is 1.82 bits per heavy atom. The molecule has 1 aromatic heterocycles. The number of alkyl halides is 3. The van der Waals surface area contributed by atoms with Crippen LogP contribution in [0.3, 0.4) is 0 Å². The summed E-state index contributed by atoms with van der Waals surface area (Å²) in [5.74, 6) is -0.499. The highest BCUT2D eigenvalue weighted by Crippen LogP contribution is 2.62. The lowest BCUT2D eigenvalue weighted by atomic mass is 9.49. The zero-order valence-corrected chi connectivity index (χ0v) is 17.0. The van der Waals surface area contributed by atoms with Gasteiger partial charge in [-0.15, -0.1) is 5.10 Å². The first-order valence-electron chi connectivity index (χ1n) is 10.7. The number of hydrogen-bond donors (Lipinski definition) is 1. The quantitative estimate of drug-likeness (QED) is 0.700. The monoisotopic (exact) mass is 399 g/mol. The highest BCUT2D eigenvalue weighted by Gasteiger charge is 2.56. The van der Waals surface area contributed by atoms with Crippen LogP contribution in [-0.2, 0) is 0 Å². The van der Waals surface area contributed by atoms with E-state index in [0.717, 1.165) is 25.8 Å². The molecule has 0 aliphatic heterocycles. The van der Waals surface area contributed by atoms with Crippen molar-refractivity contribution in [3.8, 4) is 0 Å². The van der Waals surface area contributed by atoms with E-state index in [1.165, 1.54) is 0 Å². The minimum Gasteiger partial charge on any atom is -0.307 e. The fourth-order valence-corrected chi connectivity index (χ4v) is 5.57. The minimum absolute atomic E-state index is 0.0543. The third kappa shape index (κ3) is 3.68. The Hall–Kier alpha value is -1.18. The van der Waals surface area contributed by atoms with E-state index in [9.17, 15) is 13.2 Å². The zero-order valence-electron chi connectivity index (χ0n) is 17.0. The maximum absolute atomic E-state index is 13.4. The Labute approximate surface area is 164 Å². The van der Waals surface area contributed by atoms with Crippen LogP contribution < -0.4 is 5.32 Å². The normalized spacial score (nSPS) is 34.0. The molecule has 4 rings (SSSR count). The molecule has 0 aromatic carbocycles. The number of nitrogens with one attached hydrogen (secondary N) is 1. The number of nitrogens with zero attached hydrogens (tertiary/aromatic N) is 4. The molecule has 1 N–H and O–H groups in total. The Bertz CT molecular complexity index is 669. The SMILES string of the molecule is CCC(CNC(c1nnnn1C1CC(F)(F)C1)C1CC2(CC(F)C2)C1)C(C)C. The lowest BCUT2D eigenvalue weighted by Gasteiger charge is -2.57. The van der Waals surface area contributed by atoms with E-state index in [1.54, 1.807) is 4.68 Å². The van der Waals surface area contributed by atoms with E-state index in [0.29, 0.717) is 36.4 Å². The average Bonchev–Trinajstić information content (AvgIpc) is 3.00. The second kappa shape index (κ2) is 7.26. The molecule has 3 fully saturated rings. The van der Waals surface area contributed by atoms with Gasteiger partial charge in [0.15, 0.2) is 5.82 Å². The van der Waals surface area contributed by atoms with Crippen LogP contribution in [-0.4, -0.2) is 38.8 Å². The van der Waals surface area contributed by atoms with Crippen LogP contribution in [0.15, 0.2) is 0 Å². The third-order valence-electron chi connectivity index (χ3n) is 7.45. The van der Waals surface area contributed by atoms with Gasteiger partial charge in [0.25, 0.3) is 5.92 Å². The van der Waals surface area contributed by atoms with E-state index < -0.39 is 12.1 Å². The summed E-state index contributed by atoms with van der Waals surface area (Å²) in [6.45, 7) is 7.48. The molecule has 3 aliphatic rings. The Morgan fingerprint density at radius 1 is 1.14 bits per heavy atom. The van der Waals surface area contributed by atoms with Gasteiger partial charge in [-0.3, -0.25) is 0 Å². The Kier molecular flexibility index (Phi) is 5.21. The van der Waals surface area contributed by atoms with Crippen LogP contribution in [0.2, 0.25) is 0 Å². The highest BCUT2D eigenvalue weighted by molar-refractivity contribution is 5.10. The molecule has 2 unspecified atom stereocenters. The van der Waals surface area contributed by atoms with Crippen LogP contribution in [0.1, 0.15) is 83.6 Å². The molecular formula is C20H32F3N5. The van der Waals surface area contributed by atoms with Gasteiger partial charge in [-0.05, 0) is 65.8 Å². The molecule has 8 heteroatoms. The van der Waals surface area contributed by atoms with Crippen LogP contribution >= 0.6 is 0 Å². The predicted molar refractivity (Wildman–Crippen MR) is 99.7 cm³/mol. The molecule has 28 heavy (non-hydrogen) atoms. The highest BCUT2D eigenvalue weighted by atomic mass is 19.3. The first-order valence-corrected chi connectivity index (χ1v) is 10.7. The summed E-state index contributed by atoms with van der Waals surface area (Å²) in [7, 11) is 0. The van der Waals surface area contributed by atoms with E-state index in [-0.39, 0.29) is 30.3 Å². The lowest BCUT2D eigenvalue weighted by Crippen LogP contribution is -2.52. The first kappa shape index (κ1) is 20.1. The van der Waals surface area contributed by atoms with E-state index >= 15 is 0 Å². The standard InChI is InChI=1S/C20H32F3N5/c1-4-13(12(2)3)11-24-17(14-5-19(6-14)7-15(21)8-19)18-25-26-27-28(18)16-9-20(22,23)10-16/h12-17,24H,4-11H2,1-3H3. The van der Waals surface area contributed by atoms with Gasteiger partial charge in [-0.25, -0.2) is 17.9 Å². The summed E-state index contributed by atoms with van der Waals surface area (Å²) in [6.07, 6.45) is 3.31. The second-order valence-corrected chi connectivity index (χ2v) is 9.87.